The molecule has 4 aromatic heterocycles. The second kappa shape index (κ2) is 10.9. The first-order chi connectivity index (χ1) is 25.3. The maximum Gasteiger partial charge on any atom is 0.165 e. The number of fused-ring (bicyclic) bond motifs is 9. The molecule has 0 saturated heterocycles. The third-order valence-electron chi connectivity index (χ3n) is 9.86. The number of rotatable bonds is 4. The molecule has 51 heavy (non-hydrogen) atoms. The lowest BCUT2D eigenvalue weighted by Gasteiger charge is -2.09. The van der Waals surface area contributed by atoms with Crippen molar-refractivity contribution in [1.29, 1.82) is 0 Å². The van der Waals surface area contributed by atoms with Crippen molar-refractivity contribution in [3.8, 4) is 39.9 Å². The molecule has 6 heteroatoms. The lowest BCUT2D eigenvalue weighted by molar-refractivity contribution is 0.667. The molecule has 0 bridgehead atoms. The molecule has 5 nitrogen and oxygen atoms in total. The summed E-state index contributed by atoms with van der Waals surface area (Å²) in [5.74, 6) is 1.96. The molecule has 0 aliphatic rings. The Hall–Kier alpha value is -6.63. The molecule has 0 radical (unpaired) electrons. The molecule has 0 atom stereocenters. The standard InChI is InChI=1S/C45H26N4OS/c1-3-13-27(14-4-1)43-46-44(28-15-5-2-6-16-28)48-45(47-43)33-21-11-20-32-35-25-39-34(26-40(35)51-42(32)33)31-19-12-24-38(41(31)50-39)49-36-22-9-7-17-29(36)30-18-8-10-23-37(30)49/h1-26H. The Morgan fingerprint density at radius 2 is 1.02 bits per heavy atom. The zero-order valence-electron chi connectivity index (χ0n) is 27.1. The third-order valence-corrected chi connectivity index (χ3v) is 11.1. The number of benzene rings is 7. The van der Waals surface area contributed by atoms with Crippen LogP contribution in [0.5, 0.6) is 0 Å². The lowest BCUT2D eigenvalue weighted by Crippen LogP contribution is -2.00. The number of aromatic nitrogens is 4. The van der Waals surface area contributed by atoms with Gasteiger partial charge in [-0.15, -0.1) is 11.3 Å². The molecule has 0 aliphatic heterocycles. The van der Waals surface area contributed by atoms with Gasteiger partial charge in [-0.25, -0.2) is 15.0 Å². The predicted molar refractivity (Wildman–Crippen MR) is 211 cm³/mol. The molecule has 0 unspecified atom stereocenters. The molecule has 11 rings (SSSR count). The number of nitrogens with zero attached hydrogens (tertiary/aromatic N) is 4. The highest BCUT2D eigenvalue weighted by molar-refractivity contribution is 7.26. The maximum absolute atomic E-state index is 6.83. The fraction of sp³-hybridized carbons (Fsp3) is 0. The predicted octanol–water partition coefficient (Wildman–Crippen LogP) is 12.2. The van der Waals surface area contributed by atoms with Crippen LogP contribution < -0.4 is 0 Å². The Morgan fingerprint density at radius 1 is 0.451 bits per heavy atom. The number of thiophene rings is 1. The van der Waals surface area contributed by atoms with Crippen molar-refractivity contribution in [2.75, 3.05) is 0 Å². The normalized spacial score (nSPS) is 11.9. The molecule has 0 spiro atoms. The highest BCUT2D eigenvalue weighted by Crippen LogP contribution is 2.44. The molecule has 11 aromatic rings. The first-order valence-corrected chi connectivity index (χ1v) is 17.8. The van der Waals surface area contributed by atoms with Crippen LogP contribution in [-0.4, -0.2) is 19.5 Å². The summed E-state index contributed by atoms with van der Waals surface area (Å²) >= 11 is 1.77. The highest BCUT2D eigenvalue weighted by atomic mass is 32.1. The minimum absolute atomic E-state index is 0.653. The molecule has 7 aromatic carbocycles. The summed E-state index contributed by atoms with van der Waals surface area (Å²) in [6, 6.07) is 54.8. The third kappa shape index (κ3) is 4.30. The summed E-state index contributed by atoms with van der Waals surface area (Å²) in [6.07, 6.45) is 0. The summed E-state index contributed by atoms with van der Waals surface area (Å²) in [6.45, 7) is 0. The van der Waals surface area contributed by atoms with E-state index in [-0.39, 0.29) is 0 Å². The monoisotopic (exact) mass is 670 g/mol. The van der Waals surface area contributed by atoms with Crippen molar-refractivity contribution in [3.63, 3.8) is 0 Å². The van der Waals surface area contributed by atoms with E-state index in [1.165, 1.54) is 15.5 Å². The van der Waals surface area contributed by atoms with E-state index in [4.69, 9.17) is 19.4 Å². The number of hydrogen-bond acceptors (Lipinski definition) is 5. The van der Waals surface area contributed by atoms with Crippen LogP contribution in [0.25, 0.3) is 104 Å². The Labute approximate surface area is 295 Å². The molecule has 0 saturated carbocycles. The number of furan rings is 1. The largest absolute Gasteiger partial charge is 0.454 e. The zero-order valence-corrected chi connectivity index (χ0v) is 27.9. The van der Waals surface area contributed by atoms with Crippen LogP contribution >= 0.6 is 11.3 Å². The van der Waals surface area contributed by atoms with Gasteiger partial charge in [0.25, 0.3) is 0 Å². The van der Waals surface area contributed by atoms with Crippen LogP contribution in [0.4, 0.5) is 0 Å². The van der Waals surface area contributed by atoms with Crippen LogP contribution in [0.1, 0.15) is 0 Å². The van der Waals surface area contributed by atoms with Gasteiger partial charge in [-0.2, -0.15) is 0 Å². The van der Waals surface area contributed by atoms with Gasteiger partial charge >= 0.3 is 0 Å². The van der Waals surface area contributed by atoms with Crippen LogP contribution in [0, 0.1) is 0 Å². The van der Waals surface area contributed by atoms with Crippen LogP contribution in [0.3, 0.4) is 0 Å². The van der Waals surface area contributed by atoms with E-state index in [2.05, 4.69) is 102 Å². The fourth-order valence-electron chi connectivity index (χ4n) is 7.54. The summed E-state index contributed by atoms with van der Waals surface area (Å²) in [5, 5.41) is 6.97. The molecule has 0 amide bonds. The number of hydrogen-bond donors (Lipinski definition) is 0. The molecular formula is C45H26N4OS. The summed E-state index contributed by atoms with van der Waals surface area (Å²) in [4.78, 5) is 15.0. The van der Waals surface area contributed by atoms with E-state index in [9.17, 15) is 0 Å². The van der Waals surface area contributed by atoms with E-state index >= 15 is 0 Å². The fourth-order valence-corrected chi connectivity index (χ4v) is 8.77. The van der Waals surface area contributed by atoms with Gasteiger partial charge in [0, 0.05) is 58.4 Å². The van der Waals surface area contributed by atoms with Crippen molar-refractivity contribution >= 4 is 75.3 Å². The van der Waals surface area contributed by atoms with Crippen LogP contribution in [0.15, 0.2) is 162 Å². The van der Waals surface area contributed by atoms with Gasteiger partial charge in [0.2, 0.25) is 0 Å². The highest BCUT2D eigenvalue weighted by Gasteiger charge is 2.20. The van der Waals surface area contributed by atoms with E-state index in [1.807, 2.05) is 60.7 Å². The minimum Gasteiger partial charge on any atom is -0.454 e. The summed E-state index contributed by atoms with van der Waals surface area (Å²) in [7, 11) is 0. The van der Waals surface area contributed by atoms with Gasteiger partial charge in [0.15, 0.2) is 23.1 Å². The molecule has 0 aliphatic carbocycles. The maximum atomic E-state index is 6.83. The molecular weight excluding hydrogens is 645 g/mol. The van der Waals surface area contributed by atoms with Gasteiger partial charge < -0.3 is 8.98 Å². The Morgan fingerprint density at radius 3 is 1.71 bits per heavy atom. The van der Waals surface area contributed by atoms with Gasteiger partial charge in [-0.3, -0.25) is 0 Å². The van der Waals surface area contributed by atoms with Crippen molar-refractivity contribution in [1.82, 2.24) is 19.5 Å². The average molecular weight is 671 g/mol. The molecule has 0 fully saturated rings. The van der Waals surface area contributed by atoms with Crippen molar-refractivity contribution in [2.24, 2.45) is 0 Å². The topological polar surface area (TPSA) is 56.7 Å². The first-order valence-electron chi connectivity index (χ1n) is 16.9. The smallest absolute Gasteiger partial charge is 0.165 e. The average Bonchev–Trinajstić information content (AvgIpc) is 3.86. The van der Waals surface area contributed by atoms with E-state index in [1.54, 1.807) is 11.3 Å². The Kier molecular flexibility index (Phi) is 6.05. The van der Waals surface area contributed by atoms with Gasteiger partial charge in [-0.1, -0.05) is 121 Å². The van der Waals surface area contributed by atoms with Crippen molar-refractivity contribution in [2.45, 2.75) is 0 Å². The minimum atomic E-state index is 0.653. The van der Waals surface area contributed by atoms with E-state index < -0.39 is 0 Å². The lowest BCUT2D eigenvalue weighted by atomic mass is 10.1. The van der Waals surface area contributed by atoms with Crippen molar-refractivity contribution < 1.29 is 4.42 Å². The Balaban J connectivity index is 1.12. The van der Waals surface area contributed by atoms with E-state index in [0.717, 1.165) is 70.8 Å². The van der Waals surface area contributed by atoms with Gasteiger partial charge in [0.1, 0.15) is 5.58 Å². The molecule has 0 N–H and O–H groups in total. The summed E-state index contributed by atoms with van der Waals surface area (Å²) < 4.78 is 11.5. The summed E-state index contributed by atoms with van der Waals surface area (Å²) in [5.41, 5.74) is 8.01. The zero-order chi connectivity index (χ0) is 33.5. The van der Waals surface area contributed by atoms with Crippen molar-refractivity contribution in [3.05, 3.63) is 158 Å². The van der Waals surface area contributed by atoms with Gasteiger partial charge in [-0.05, 0) is 36.4 Å². The quantitative estimate of drug-likeness (QED) is 0.187. The van der Waals surface area contributed by atoms with E-state index in [0.29, 0.717) is 17.5 Å². The van der Waals surface area contributed by atoms with Crippen LogP contribution in [0.2, 0.25) is 0 Å². The molecule has 238 valence electrons. The molecule has 4 heterocycles. The second-order valence-corrected chi connectivity index (χ2v) is 13.8. The Bertz CT molecular complexity index is 3030. The first kappa shape index (κ1) is 28.2. The number of para-hydroxylation sites is 3. The van der Waals surface area contributed by atoms with Gasteiger partial charge in [0.05, 0.1) is 16.7 Å². The second-order valence-electron chi connectivity index (χ2n) is 12.8. The SMILES string of the molecule is c1ccc(-c2nc(-c3ccccc3)nc(-c3cccc4c3sc3cc5c(cc34)oc3c(-n4c6ccccc6c6ccccc64)cccc35)n2)cc1. The van der Waals surface area contributed by atoms with Crippen LogP contribution in [-0.2, 0) is 0 Å².